The van der Waals surface area contributed by atoms with Crippen molar-refractivity contribution >= 4 is 17.3 Å². The Hall–Kier alpha value is -1.99. The predicted molar refractivity (Wildman–Crippen MR) is 87.2 cm³/mol. The van der Waals surface area contributed by atoms with Gasteiger partial charge in [-0.05, 0) is 44.4 Å². The molecule has 1 fully saturated rings. The topological polar surface area (TPSA) is 95.7 Å². The Bertz CT molecular complexity index is 545. The van der Waals surface area contributed by atoms with Gasteiger partial charge in [-0.15, -0.1) is 0 Å². The molecule has 1 amide bonds. The number of nitro groups is 1. The molecule has 23 heavy (non-hydrogen) atoms. The molecule has 1 heterocycles. The average molecular weight is 321 g/mol. The van der Waals surface area contributed by atoms with E-state index in [-0.39, 0.29) is 23.6 Å². The van der Waals surface area contributed by atoms with Crippen molar-refractivity contribution in [1.29, 1.82) is 0 Å². The summed E-state index contributed by atoms with van der Waals surface area (Å²) in [5, 5.41) is 23.0. The first-order chi connectivity index (χ1) is 11.0. The summed E-state index contributed by atoms with van der Waals surface area (Å²) in [6.07, 6.45) is 2.12. The van der Waals surface area contributed by atoms with Gasteiger partial charge in [-0.25, -0.2) is 0 Å². The first-order valence-corrected chi connectivity index (χ1v) is 7.90. The van der Waals surface area contributed by atoms with E-state index >= 15 is 0 Å². The van der Waals surface area contributed by atoms with Crippen molar-refractivity contribution in [3.05, 3.63) is 34.4 Å². The molecule has 1 saturated heterocycles. The lowest BCUT2D eigenvalue weighted by Gasteiger charge is -2.33. The molecule has 7 nitrogen and oxygen atoms in total. The molecular formula is C16H23N3O4. The quantitative estimate of drug-likeness (QED) is 0.617. The second-order valence-corrected chi connectivity index (χ2v) is 6.05. The fraction of sp³-hybridized carbons (Fsp3) is 0.562. The van der Waals surface area contributed by atoms with Gasteiger partial charge in [0, 0.05) is 37.3 Å². The van der Waals surface area contributed by atoms with Crippen LogP contribution in [0.3, 0.4) is 0 Å². The molecule has 0 bridgehead atoms. The lowest BCUT2D eigenvalue weighted by atomic mass is 9.93. The molecule has 2 N–H and O–H groups in total. The fourth-order valence-corrected chi connectivity index (χ4v) is 2.84. The van der Waals surface area contributed by atoms with Gasteiger partial charge in [0.25, 0.3) is 5.69 Å². The van der Waals surface area contributed by atoms with Crippen LogP contribution in [0.15, 0.2) is 24.3 Å². The lowest BCUT2D eigenvalue weighted by molar-refractivity contribution is -0.384. The van der Waals surface area contributed by atoms with E-state index in [2.05, 4.69) is 10.2 Å². The van der Waals surface area contributed by atoms with Crippen LogP contribution >= 0.6 is 0 Å². The van der Waals surface area contributed by atoms with Gasteiger partial charge in [0.05, 0.1) is 11.0 Å². The summed E-state index contributed by atoms with van der Waals surface area (Å²) in [6, 6.07) is 5.79. The maximum Gasteiger partial charge on any atom is 0.269 e. The molecule has 7 heteroatoms. The summed E-state index contributed by atoms with van der Waals surface area (Å²) < 4.78 is 0. The summed E-state index contributed by atoms with van der Waals surface area (Å²) >= 11 is 0. The predicted octanol–water partition coefficient (Wildman–Crippen LogP) is 2.02. The number of rotatable bonds is 6. The number of hydrogen-bond acceptors (Lipinski definition) is 5. The number of hydrogen-bond donors (Lipinski definition) is 2. The number of nitrogens with zero attached hydrogens (tertiary/aromatic N) is 2. The molecule has 1 aromatic rings. The van der Waals surface area contributed by atoms with E-state index in [1.54, 1.807) is 0 Å². The molecule has 1 aliphatic heterocycles. The third-order valence-electron chi connectivity index (χ3n) is 4.24. The number of likely N-dealkylation sites (tertiary alicyclic amines) is 1. The molecule has 2 unspecified atom stereocenters. The van der Waals surface area contributed by atoms with Crippen molar-refractivity contribution in [3.63, 3.8) is 0 Å². The fourth-order valence-electron chi connectivity index (χ4n) is 2.84. The van der Waals surface area contributed by atoms with Gasteiger partial charge >= 0.3 is 0 Å². The number of non-ortho nitro benzene ring substituents is 1. The molecule has 2 rings (SSSR count). The van der Waals surface area contributed by atoms with Gasteiger partial charge in [-0.3, -0.25) is 14.9 Å². The summed E-state index contributed by atoms with van der Waals surface area (Å²) in [5.41, 5.74) is 0.557. The molecule has 0 spiro atoms. The zero-order valence-electron chi connectivity index (χ0n) is 13.3. The summed E-state index contributed by atoms with van der Waals surface area (Å²) in [6.45, 7) is 4.24. The molecule has 1 aliphatic rings. The van der Waals surface area contributed by atoms with Crippen LogP contribution in [0, 0.1) is 16.0 Å². The third kappa shape index (κ3) is 5.30. The number of nitrogens with one attached hydrogen (secondary N) is 1. The van der Waals surface area contributed by atoms with Gasteiger partial charge in [-0.2, -0.15) is 0 Å². The minimum absolute atomic E-state index is 0.000445. The Morgan fingerprint density at radius 3 is 2.78 bits per heavy atom. The zero-order chi connectivity index (χ0) is 16.8. The van der Waals surface area contributed by atoms with Crippen LogP contribution in [0.1, 0.15) is 26.2 Å². The molecule has 1 aromatic carbocycles. The number of amides is 1. The molecular weight excluding hydrogens is 298 g/mol. The summed E-state index contributed by atoms with van der Waals surface area (Å²) in [7, 11) is 0. The molecule has 0 aliphatic carbocycles. The highest BCUT2D eigenvalue weighted by Gasteiger charge is 2.23. The van der Waals surface area contributed by atoms with Crippen LogP contribution in [0.2, 0.25) is 0 Å². The Balaban J connectivity index is 1.77. The van der Waals surface area contributed by atoms with Gasteiger partial charge < -0.3 is 15.3 Å². The highest BCUT2D eigenvalue weighted by molar-refractivity contribution is 5.90. The van der Waals surface area contributed by atoms with Crippen LogP contribution in [-0.4, -0.2) is 46.6 Å². The normalized spacial score (nSPS) is 20.0. The van der Waals surface area contributed by atoms with E-state index in [1.165, 1.54) is 24.3 Å². The Morgan fingerprint density at radius 2 is 2.17 bits per heavy atom. The lowest BCUT2D eigenvalue weighted by Crippen LogP contribution is -2.40. The van der Waals surface area contributed by atoms with Crippen molar-refractivity contribution in [2.45, 2.75) is 32.3 Å². The van der Waals surface area contributed by atoms with Crippen molar-refractivity contribution < 1.29 is 14.8 Å². The van der Waals surface area contributed by atoms with E-state index < -0.39 is 4.92 Å². The van der Waals surface area contributed by atoms with Crippen LogP contribution in [-0.2, 0) is 4.79 Å². The van der Waals surface area contributed by atoms with E-state index in [0.29, 0.717) is 18.7 Å². The van der Waals surface area contributed by atoms with Crippen LogP contribution in [0.4, 0.5) is 11.4 Å². The van der Waals surface area contributed by atoms with Crippen molar-refractivity contribution in [2.75, 3.05) is 25.0 Å². The summed E-state index contributed by atoms with van der Waals surface area (Å²) in [5.74, 6) is 0.166. The Labute approximate surface area is 135 Å². The Morgan fingerprint density at radius 1 is 1.48 bits per heavy atom. The second kappa shape index (κ2) is 8.03. The number of aliphatic hydroxyl groups is 1. The number of piperidine rings is 1. The average Bonchev–Trinajstić information content (AvgIpc) is 2.53. The highest BCUT2D eigenvalue weighted by Crippen LogP contribution is 2.20. The SMILES string of the molecule is CC(O)C1CCCN(CCC(=O)Nc2ccc([N+](=O)[O-])cc2)C1. The van der Waals surface area contributed by atoms with E-state index in [9.17, 15) is 20.0 Å². The largest absolute Gasteiger partial charge is 0.393 e. The number of nitro benzene ring substituents is 1. The molecule has 0 aromatic heterocycles. The van der Waals surface area contributed by atoms with Gasteiger partial charge in [0.2, 0.25) is 5.91 Å². The van der Waals surface area contributed by atoms with Crippen LogP contribution < -0.4 is 5.32 Å². The van der Waals surface area contributed by atoms with Crippen molar-refractivity contribution in [2.24, 2.45) is 5.92 Å². The van der Waals surface area contributed by atoms with E-state index in [4.69, 9.17) is 0 Å². The highest BCUT2D eigenvalue weighted by atomic mass is 16.6. The van der Waals surface area contributed by atoms with Crippen molar-refractivity contribution in [1.82, 2.24) is 4.90 Å². The maximum atomic E-state index is 12.0. The van der Waals surface area contributed by atoms with Gasteiger partial charge in [-0.1, -0.05) is 0 Å². The molecule has 126 valence electrons. The number of benzene rings is 1. The number of anilines is 1. The van der Waals surface area contributed by atoms with Crippen LogP contribution in [0.25, 0.3) is 0 Å². The number of carbonyl (C=O) groups is 1. The molecule has 0 radical (unpaired) electrons. The first kappa shape index (κ1) is 17.4. The molecule has 0 saturated carbocycles. The summed E-state index contributed by atoms with van der Waals surface area (Å²) in [4.78, 5) is 24.3. The van der Waals surface area contributed by atoms with Gasteiger partial charge in [0.1, 0.15) is 0 Å². The van der Waals surface area contributed by atoms with Crippen molar-refractivity contribution in [3.8, 4) is 0 Å². The number of carbonyl (C=O) groups excluding carboxylic acids is 1. The monoisotopic (exact) mass is 321 g/mol. The standard InChI is InChI=1S/C16H23N3O4/c1-12(20)13-3-2-9-18(11-13)10-8-16(21)17-14-4-6-15(7-5-14)19(22)23/h4-7,12-13,20H,2-3,8-11H2,1H3,(H,17,21). The number of aliphatic hydroxyl groups excluding tert-OH is 1. The second-order valence-electron chi connectivity index (χ2n) is 6.05. The first-order valence-electron chi connectivity index (χ1n) is 7.90. The van der Waals surface area contributed by atoms with E-state index in [0.717, 1.165) is 25.9 Å². The van der Waals surface area contributed by atoms with Crippen LogP contribution in [0.5, 0.6) is 0 Å². The minimum atomic E-state index is -0.472. The minimum Gasteiger partial charge on any atom is -0.393 e. The maximum absolute atomic E-state index is 12.0. The zero-order valence-corrected chi connectivity index (χ0v) is 13.3. The third-order valence-corrected chi connectivity index (χ3v) is 4.24. The van der Waals surface area contributed by atoms with E-state index in [1.807, 2.05) is 6.92 Å². The molecule has 2 atom stereocenters. The van der Waals surface area contributed by atoms with Gasteiger partial charge in [0.15, 0.2) is 0 Å². The smallest absolute Gasteiger partial charge is 0.269 e. The Kier molecular flexibility index (Phi) is 6.06.